The van der Waals surface area contributed by atoms with Gasteiger partial charge in [-0.05, 0) is 31.2 Å². The zero-order chi connectivity index (χ0) is 15.2. The van der Waals surface area contributed by atoms with Gasteiger partial charge in [-0.15, -0.1) is 0 Å². The lowest BCUT2D eigenvalue weighted by Gasteiger charge is -2.18. The number of hydrazine groups is 1. The Kier molecular flexibility index (Phi) is 5.14. The van der Waals surface area contributed by atoms with Crippen molar-refractivity contribution in [3.8, 4) is 0 Å². The summed E-state index contributed by atoms with van der Waals surface area (Å²) in [5.74, 6) is 5.92. The van der Waals surface area contributed by atoms with Gasteiger partial charge in [0, 0.05) is 18.7 Å². The van der Waals surface area contributed by atoms with Crippen LogP contribution < -0.4 is 11.3 Å². The van der Waals surface area contributed by atoms with Gasteiger partial charge < -0.3 is 4.42 Å². The fraction of sp³-hybridized carbons (Fsp3) is 0.312. The number of nitrogens with one attached hydrogen (secondary N) is 1. The number of benzene rings is 1. The van der Waals surface area contributed by atoms with E-state index in [1.807, 2.05) is 44.3 Å². The lowest BCUT2D eigenvalue weighted by molar-refractivity contribution is -0.120. The molecule has 112 valence electrons. The molecule has 3 N–H and O–H groups in total. The van der Waals surface area contributed by atoms with Crippen molar-refractivity contribution in [3.63, 3.8) is 0 Å². The molecule has 0 fully saturated rings. The van der Waals surface area contributed by atoms with Crippen molar-refractivity contribution in [3.05, 3.63) is 59.0 Å². The van der Waals surface area contributed by atoms with Crippen LogP contribution >= 0.6 is 0 Å². The van der Waals surface area contributed by atoms with E-state index in [1.54, 1.807) is 6.26 Å². The van der Waals surface area contributed by atoms with Crippen LogP contribution in [0.5, 0.6) is 0 Å². The Morgan fingerprint density at radius 3 is 2.48 bits per heavy atom. The predicted octanol–water partition coefficient (Wildman–Crippen LogP) is 1.75. The van der Waals surface area contributed by atoms with Crippen LogP contribution in [-0.2, 0) is 24.3 Å². The normalized spacial score (nSPS) is 10.9. The van der Waals surface area contributed by atoms with Crippen LogP contribution in [-0.4, -0.2) is 17.9 Å². The van der Waals surface area contributed by atoms with Gasteiger partial charge in [-0.1, -0.05) is 24.3 Å². The number of hydrogen-bond donors (Lipinski definition) is 2. The zero-order valence-electron chi connectivity index (χ0n) is 12.4. The Bertz CT molecular complexity index is 607. The highest BCUT2D eigenvalue weighted by Gasteiger charge is 2.10. The maximum atomic E-state index is 11.5. The molecule has 0 unspecified atom stereocenters. The van der Waals surface area contributed by atoms with Gasteiger partial charge in [0.25, 0.3) is 0 Å². The standard InChI is InChI=1S/C16H21N3O2/c1-12-14(7-8-21-12)10-19(2)11-15-6-4-3-5-13(15)9-16(20)18-17/h3-8H,9-11,17H2,1-2H3,(H,18,20). The van der Waals surface area contributed by atoms with Crippen molar-refractivity contribution in [2.45, 2.75) is 26.4 Å². The summed E-state index contributed by atoms with van der Waals surface area (Å²) < 4.78 is 5.31. The van der Waals surface area contributed by atoms with Gasteiger partial charge in [0.05, 0.1) is 12.7 Å². The van der Waals surface area contributed by atoms with Gasteiger partial charge in [-0.2, -0.15) is 0 Å². The topological polar surface area (TPSA) is 71.5 Å². The first-order valence-corrected chi connectivity index (χ1v) is 6.88. The molecule has 21 heavy (non-hydrogen) atoms. The summed E-state index contributed by atoms with van der Waals surface area (Å²) in [5, 5.41) is 0. The maximum Gasteiger partial charge on any atom is 0.238 e. The third kappa shape index (κ3) is 4.18. The first-order chi connectivity index (χ1) is 10.1. The largest absolute Gasteiger partial charge is 0.469 e. The summed E-state index contributed by atoms with van der Waals surface area (Å²) in [5.41, 5.74) is 5.47. The average molecular weight is 287 g/mol. The number of aryl methyl sites for hydroxylation is 1. The van der Waals surface area contributed by atoms with Gasteiger partial charge in [-0.3, -0.25) is 15.1 Å². The lowest BCUT2D eigenvalue weighted by atomic mass is 10.0. The Labute approximate surface area is 124 Å². The minimum Gasteiger partial charge on any atom is -0.469 e. The molecular formula is C16H21N3O2. The maximum absolute atomic E-state index is 11.5. The molecule has 1 amide bonds. The molecule has 0 radical (unpaired) electrons. The quantitative estimate of drug-likeness (QED) is 0.482. The summed E-state index contributed by atoms with van der Waals surface area (Å²) in [6.07, 6.45) is 2.00. The fourth-order valence-electron chi connectivity index (χ4n) is 2.32. The molecule has 2 aromatic rings. The molecular weight excluding hydrogens is 266 g/mol. The average Bonchev–Trinajstić information content (AvgIpc) is 2.86. The smallest absolute Gasteiger partial charge is 0.238 e. The number of hydrogen-bond acceptors (Lipinski definition) is 4. The molecule has 0 aliphatic rings. The number of rotatable bonds is 6. The van der Waals surface area contributed by atoms with Crippen LogP contribution in [0, 0.1) is 6.92 Å². The summed E-state index contributed by atoms with van der Waals surface area (Å²) >= 11 is 0. The van der Waals surface area contributed by atoms with E-state index in [4.69, 9.17) is 10.3 Å². The van der Waals surface area contributed by atoms with Gasteiger partial charge >= 0.3 is 0 Å². The monoisotopic (exact) mass is 287 g/mol. The highest BCUT2D eigenvalue weighted by atomic mass is 16.3. The molecule has 0 aliphatic carbocycles. The third-order valence-electron chi connectivity index (χ3n) is 3.48. The third-order valence-corrected chi connectivity index (χ3v) is 3.48. The van der Waals surface area contributed by atoms with Gasteiger partial charge in [0.1, 0.15) is 5.76 Å². The second kappa shape index (κ2) is 7.06. The van der Waals surface area contributed by atoms with Crippen molar-refractivity contribution in [1.29, 1.82) is 0 Å². The van der Waals surface area contributed by atoms with E-state index in [9.17, 15) is 4.79 Å². The van der Waals surface area contributed by atoms with Crippen molar-refractivity contribution >= 4 is 5.91 Å². The van der Waals surface area contributed by atoms with Crippen LogP contribution in [0.15, 0.2) is 41.0 Å². The van der Waals surface area contributed by atoms with E-state index in [0.29, 0.717) is 6.42 Å². The molecule has 5 heteroatoms. The molecule has 0 bridgehead atoms. The minimum absolute atomic E-state index is 0.184. The number of carbonyl (C=O) groups is 1. The van der Waals surface area contributed by atoms with Crippen molar-refractivity contribution < 1.29 is 9.21 Å². The molecule has 0 saturated heterocycles. The van der Waals surface area contributed by atoms with Crippen LogP contribution in [0.1, 0.15) is 22.5 Å². The Morgan fingerprint density at radius 1 is 1.19 bits per heavy atom. The van der Waals surface area contributed by atoms with Crippen molar-refractivity contribution in [1.82, 2.24) is 10.3 Å². The number of nitrogens with zero attached hydrogens (tertiary/aromatic N) is 1. The van der Waals surface area contributed by atoms with Gasteiger partial charge in [-0.25, -0.2) is 5.84 Å². The molecule has 0 atom stereocenters. The van der Waals surface area contributed by atoms with E-state index < -0.39 is 0 Å². The molecule has 0 saturated carbocycles. The molecule has 0 aliphatic heterocycles. The highest BCUT2D eigenvalue weighted by molar-refractivity contribution is 5.78. The van der Waals surface area contributed by atoms with E-state index >= 15 is 0 Å². The van der Waals surface area contributed by atoms with Crippen LogP contribution in [0.4, 0.5) is 0 Å². The molecule has 0 spiro atoms. The van der Waals surface area contributed by atoms with Gasteiger partial charge in [0.15, 0.2) is 0 Å². The van der Waals surface area contributed by atoms with Gasteiger partial charge in [0.2, 0.25) is 5.91 Å². The number of carbonyl (C=O) groups excluding carboxylic acids is 1. The second-order valence-electron chi connectivity index (χ2n) is 5.19. The molecule has 2 rings (SSSR count). The van der Waals surface area contributed by atoms with E-state index in [2.05, 4.69) is 10.3 Å². The Balaban J connectivity index is 2.05. The van der Waals surface area contributed by atoms with Crippen LogP contribution in [0.3, 0.4) is 0 Å². The van der Waals surface area contributed by atoms with Crippen LogP contribution in [0.2, 0.25) is 0 Å². The predicted molar refractivity (Wildman–Crippen MR) is 81.1 cm³/mol. The molecule has 5 nitrogen and oxygen atoms in total. The summed E-state index contributed by atoms with van der Waals surface area (Å²) in [7, 11) is 2.05. The van der Waals surface area contributed by atoms with E-state index in [1.165, 1.54) is 5.56 Å². The van der Waals surface area contributed by atoms with Crippen molar-refractivity contribution in [2.24, 2.45) is 5.84 Å². The number of furan rings is 1. The van der Waals surface area contributed by atoms with Crippen LogP contribution in [0.25, 0.3) is 0 Å². The number of amides is 1. The Morgan fingerprint density at radius 2 is 1.86 bits per heavy atom. The van der Waals surface area contributed by atoms with Crippen molar-refractivity contribution in [2.75, 3.05) is 7.05 Å². The molecule has 1 heterocycles. The second-order valence-corrected chi connectivity index (χ2v) is 5.19. The molecule has 1 aromatic heterocycles. The fourth-order valence-corrected chi connectivity index (χ4v) is 2.32. The Hall–Kier alpha value is -2.11. The summed E-state index contributed by atoms with van der Waals surface area (Å²) in [4.78, 5) is 13.6. The van der Waals surface area contributed by atoms with E-state index in [0.717, 1.165) is 30.0 Å². The zero-order valence-corrected chi connectivity index (χ0v) is 12.4. The summed E-state index contributed by atoms with van der Waals surface area (Å²) in [6.45, 7) is 3.53. The minimum atomic E-state index is -0.184. The molecule has 1 aromatic carbocycles. The summed E-state index contributed by atoms with van der Waals surface area (Å²) in [6, 6.07) is 9.90. The lowest BCUT2D eigenvalue weighted by Crippen LogP contribution is -2.31. The first kappa shape index (κ1) is 15.3. The highest BCUT2D eigenvalue weighted by Crippen LogP contribution is 2.15. The SMILES string of the molecule is Cc1occc1CN(C)Cc1ccccc1CC(=O)NN. The van der Waals surface area contributed by atoms with E-state index in [-0.39, 0.29) is 5.91 Å². The first-order valence-electron chi connectivity index (χ1n) is 6.88. The number of nitrogens with two attached hydrogens (primary N) is 1.